The van der Waals surface area contributed by atoms with E-state index in [4.69, 9.17) is 0 Å². The van der Waals surface area contributed by atoms with Gasteiger partial charge in [-0.15, -0.1) is 0 Å². The quantitative estimate of drug-likeness (QED) is 0.385. The monoisotopic (exact) mass is 441 g/mol. The Labute approximate surface area is 146 Å². The van der Waals surface area contributed by atoms with Crippen molar-refractivity contribution in [3.63, 3.8) is 0 Å². The zero-order valence-electron chi connectivity index (χ0n) is 10.2. The zero-order valence-corrected chi connectivity index (χ0v) is 16.0. The number of halogens is 1. The van der Waals surface area contributed by atoms with E-state index >= 15 is 0 Å². The van der Waals surface area contributed by atoms with Crippen molar-refractivity contribution in [3.8, 4) is 0 Å². The van der Waals surface area contributed by atoms with Crippen LogP contribution in [0, 0.1) is 6.92 Å². The summed E-state index contributed by atoms with van der Waals surface area (Å²) >= 11 is 2.31. The third-order valence-electron chi connectivity index (χ3n) is 2.33. The van der Waals surface area contributed by atoms with Crippen molar-refractivity contribution in [1.82, 2.24) is 4.31 Å². The summed E-state index contributed by atoms with van der Waals surface area (Å²) in [6, 6.07) is 8.70. The van der Waals surface area contributed by atoms with E-state index in [0.717, 1.165) is 19.4 Å². The van der Waals surface area contributed by atoms with Gasteiger partial charge in [0, 0.05) is 60.5 Å². The van der Waals surface area contributed by atoms with E-state index in [1.807, 2.05) is 0 Å². The number of benzene rings is 1. The number of rotatable bonds is 6. The Balaban J connectivity index is 0. The van der Waals surface area contributed by atoms with E-state index in [0.29, 0.717) is 0 Å². The van der Waals surface area contributed by atoms with Crippen LogP contribution in [0.1, 0.15) is 24.0 Å². The molecule has 0 saturated carbocycles. The van der Waals surface area contributed by atoms with Gasteiger partial charge in [0.2, 0.25) is 0 Å². The second kappa shape index (κ2) is 12.4. The van der Waals surface area contributed by atoms with Gasteiger partial charge in [0.25, 0.3) is 0 Å². The summed E-state index contributed by atoms with van der Waals surface area (Å²) in [6.45, 7) is 4.91. The Morgan fingerprint density at radius 1 is 1.29 bits per heavy atom. The Hall–Kier alpha value is 1.32. The third-order valence-corrected chi connectivity index (χ3v) is 4.71. The Kier molecular flexibility index (Phi) is 15.0. The molecule has 0 aliphatic rings. The molecule has 0 saturated heterocycles. The second-order valence-corrected chi connectivity index (χ2v) is 5.52. The summed E-state index contributed by atoms with van der Waals surface area (Å²) < 4.78 is 2.24. The molecule has 1 aromatic rings. The summed E-state index contributed by atoms with van der Waals surface area (Å²) in [5.41, 5.74) is 2.91. The molecule has 5 heteroatoms. The van der Waals surface area contributed by atoms with Gasteiger partial charge in [0.15, 0.2) is 0 Å². The van der Waals surface area contributed by atoms with Crippen molar-refractivity contribution in [2.75, 3.05) is 7.05 Å². The van der Waals surface area contributed by atoms with Crippen LogP contribution in [0.3, 0.4) is 0 Å². The number of nitrogens with zero attached hydrogens (tertiary/aromatic N) is 1. The van der Waals surface area contributed by atoms with Crippen LogP contribution in [-0.2, 0) is 45.7 Å². The first-order chi connectivity index (χ1) is 7.27. The molecule has 2 nitrogen and oxygen atoms in total. The maximum absolute atomic E-state index is 3.89. The van der Waals surface area contributed by atoms with Gasteiger partial charge in [-0.1, -0.05) is 30.7 Å². The number of aryl methyl sites for hydroxylation is 1. The fourth-order valence-corrected chi connectivity index (χ4v) is 2.14. The van der Waals surface area contributed by atoms with Crippen LogP contribution in [0.4, 0.5) is 0 Å². The summed E-state index contributed by atoms with van der Waals surface area (Å²) in [5, 5.41) is 0. The van der Waals surface area contributed by atoms with Crippen LogP contribution in [0.2, 0.25) is 0 Å². The molecule has 1 rings (SSSR count). The molecule has 2 N–H and O–H groups in total. The minimum Gasteiger partial charge on any atom is -0.412 e. The van der Waals surface area contributed by atoms with Crippen LogP contribution < -0.4 is 0 Å². The predicted molar refractivity (Wildman–Crippen MR) is 81.4 cm³/mol. The van der Waals surface area contributed by atoms with Crippen molar-refractivity contribution in [2.45, 2.75) is 25.8 Å². The number of hydrogen-bond acceptors (Lipinski definition) is 2. The van der Waals surface area contributed by atoms with Gasteiger partial charge in [-0.2, -0.15) is 6.42 Å². The van der Waals surface area contributed by atoms with Crippen LogP contribution in [0.25, 0.3) is 0 Å². The van der Waals surface area contributed by atoms with E-state index in [-0.39, 0.29) is 38.2 Å². The molecule has 17 heavy (non-hydrogen) atoms. The van der Waals surface area contributed by atoms with E-state index in [9.17, 15) is 0 Å². The predicted octanol–water partition coefficient (Wildman–Crippen LogP) is 3.45. The molecular formula is C12H19INOSY-. The Morgan fingerprint density at radius 2 is 1.88 bits per heavy atom. The van der Waals surface area contributed by atoms with Crippen LogP contribution in [0.15, 0.2) is 24.3 Å². The molecule has 0 aromatic heterocycles. The molecule has 95 valence electrons. The molecule has 0 aliphatic carbocycles. The van der Waals surface area contributed by atoms with Crippen LogP contribution >= 0.6 is 30.3 Å². The van der Waals surface area contributed by atoms with Crippen molar-refractivity contribution in [3.05, 3.63) is 42.3 Å². The molecule has 1 radical (unpaired) electrons. The minimum absolute atomic E-state index is 0. The molecule has 0 bridgehead atoms. The molecule has 0 atom stereocenters. The van der Waals surface area contributed by atoms with E-state index < -0.39 is 0 Å². The fourth-order valence-electron chi connectivity index (χ4n) is 1.54. The third kappa shape index (κ3) is 8.16. The summed E-state index contributed by atoms with van der Waals surface area (Å²) in [6.07, 6.45) is 3.35. The maximum atomic E-state index is 3.89. The van der Waals surface area contributed by atoms with Gasteiger partial charge in [-0.25, -0.2) is 4.31 Å². The van der Waals surface area contributed by atoms with E-state index in [1.54, 1.807) is 9.12 Å². The molecular weight excluding hydrogens is 422 g/mol. The van der Waals surface area contributed by atoms with Gasteiger partial charge >= 0.3 is 0 Å². The van der Waals surface area contributed by atoms with Crippen molar-refractivity contribution in [2.24, 2.45) is 0 Å². The summed E-state index contributed by atoms with van der Waals surface area (Å²) in [4.78, 5) is 0. The fraction of sp³-hybridized carbons (Fsp3) is 0.417. The number of hydrogen-bond donors (Lipinski definition) is 0. The van der Waals surface area contributed by atoms with Crippen LogP contribution in [0.5, 0.6) is 0 Å². The Morgan fingerprint density at radius 3 is 2.41 bits per heavy atom. The van der Waals surface area contributed by atoms with Gasteiger partial charge in [0.05, 0.1) is 0 Å². The van der Waals surface area contributed by atoms with Crippen molar-refractivity contribution < 1.29 is 38.2 Å². The first-order valence-corrected chi connectivity index (χ1v) is 8.45. The molecule has 0 amide bonds. The smallest absolute Gasteiger partial charge is 0.0347 e. The molecule has 0 fully saturated rings. The molecule has 0 heterocycles. The summed E-state index contributed by atoms with van der Waals surface area (Å²) in [7, 11) is 3.86. The molecule has 0 spiro atoms. The maximum Gasteiger partial charge on any atom is 0.0347 e. The van der Waals surface area contributed by atoms with E-state index in [2.05, 4.69) is 63.7 Å². The normalized spacial score (nSPS) is 9.65. The standard InChI is InChI=1S/C12H17INS.H2O.Y/c1-3-4-7-11-8-5-6-9-12(11)10-14(2)15-13;;/h5-6,8-9H,1,3-4,7,10H2,2H3;1H2;/q-1;;. The molecule has 0 aliphatic heterocycles. The van der Waals surface area contributed by atoms with Crippen molar-refractivity contribution in [1.29, 1.82) is 0 Å². The first-order valence-electron chi connectivity index (χ1n) is 5.13. The topological polar surface area (TPSA) is 34.7 Å². The zero-order chi connectivity index (χ0) is 11.1. The largest absolute Gasteiger partial charge is 0.412 e. The van der Waals surface area contributed by atoms with Crippen LogP contribution in [-0.4, -0.2) is 16.8 Å². The average molecular weight is 441 g/mol. The van der Waals surface area contributed by atoms with Crippen molar-refractivity contribution >= 4 is 30.3 Å². The number of unbranched alkanes of at least 4 members (excludes halogenated alkanes) is 1. The van der Waals surface area contributed by atoms with Gasteiger partial charge in [0.1, 0.15) is 0 Å². The van der Waals surface area contributed by atoms with Gasteiger partial charge < -0.3 is 12.4 Å². The molecule has 1 aromatic carbocycles. The van der Waals surface area contributed by atoms with E-state index in [1.165, 1.54) is 17.5 Å². The Bertz CT molecular complexity index is 302. The van der Waals surface area contributed by atoms with Gasteiger partial charge in [-0.3, -0.25) is 0 Å². The SMILES string of the molecule is O.[CH2-]CCCc1ccccc1CN(C)SI.[Y]. The second-order valence-electron chi connectivity index (χ2n) is 3.58. The van der Waals surface area contributed by atoms with Gasteiger partial charge in [-0.05, 0) is 33.7 Å². The first kappa shape index (κ1) is 20.6. The minimum atomic E-state index is 0. The summed E-state index contributed by atoms with van der Waals surface area (Å²) in [5.74, 6) is 0. The average Bonchev–Trinajstić information content (AvgIpc) is 2.28. The molecule has 0 unspecified atom stereocenters.